The molecule has 0 saturated carbocycles. The van der Waals surface area contributed by atoms with Gasteiger partial charge >= 0.3 is 0 Å². The van der Waals surface area contributed by atoms with E-state index in [1.165, 1.54) is 10.9 Å². The summed E-state index contributed by atoms with van der Waals surface area (Å²) in [5.41, 5.74) is 3.43. The molecule has 4 nitrogen and oxygen atoms in total. The second kappa shape index (κ2) is 9.20. The quantitative estimate of drug-likeness (QED) is 0.575. The fourth-order valence-electron chi connectivity index (χ4n) is 3.25. The van der Waals surface area contributed by atoms with Crippen LogP contribution in [0.25, 0.3) is 10.9 Å². The number of hydrogen-bond donors (Lipinski definition) is 2. The lowest BCUT2D eigenvalue weighted by Gasteiger charge is -2.23. The van der Waals surface area contributed by atoms with E-state index in [9.17, 15) is 4.79 Å². The highest BCUT2D eigenvalue weighted by molar-refractivity contribution is 5.84. The Kier molecular flexibility index (Phi) is 6.45. The highest BCUT2D eigenvalue weighted by Gasteiger charge is 2.15. The number of aliphatic hydroxyl groups excluding tert-OH is 1. The van der Waals surface area contributed by atoms with Crippen molar-refractivity contribution in [3.8, 4) is 0 Å². The molecule has 3 rings (SSSR count). The van der Waals surface area contributed by atoms with Gasteiger partial charge in [-0.15, -0.1) is 0 Å². The first-order valence-corrected chi connectivity index (χ1v) is 9.25. The van der Waals surface area contributed by atoms with E-state index >= 15 is 0 Å². The van der Waals surface area contributed by atoms with Gasteiger partial charge in [0.2, 0.25) is 5.91 Å². The van der Waals surface area contributed by atoms with E-state index in [-0.39, 0.29) is 12.5 Å². The molecule has 0 aliphatic carbocycles. The van der Waals surface area contributed by atoms with Crippen molar-refractivity contribution >= 4 is 16.8 Å². The van der Waals surface area contributed by atoms with Crippen LogP contribution in [0.1, 0.15) is 30.4 Å². The highest BCUT2D eigenvalue weighted by Crippen LogP contribution is 2.19. The molecule has 1 aromatic heterocycles. The van der Waals surface area contributed by atoms with Gasteiger partial charge in [0.1, 0.15) is 0 Å². The zero-order chi connectivity index (χ0) is 18.2. The largest absolute Gasteiger partial charge is 0.396 e. The summed E-state index contributed by atoms with van der Waals surface area (Å²) in [6.45, 7) is 1.48. The topological polar surface area (TPSA) is 56.3 Å². The number of nitrogens with one attached hydrogen (secondary N) is 1. The molecule has 0 fully saturated rings. The van der Waals surface area contributed by atoms with Crippen molar-refractivity contribution in [2.24, 2.45) is 0 Å². The van der Waals surface area contributed by atoms with Gasteiger partial charge < -0.3 is 15.0 Å². The van der Waals surface area contributed by atoms with E-state index in [0.717, 1.165) is 30.3 Å². The van der Waals surface area contributed by atoms with Gasteiger partial charge in [-0.05, 0) is 36.5 Å². The summed E-state index contributed by atoms with van der Waals surface area (Å²) in [6.07, 6.45) is 4.77. The molecule has 0 aliphatic heterocycles. The molecule has 1 amide bonds. The smallest absolute Gasteiger partial charge is 0.223 e. The maximum Gasteiger partial charge on any atom is 0.223 e. The van der Waals surface area contributed by atoms with Gasteiger partial charge in [0.05, 0.1) is 0 Å². The Labute approximate surface area is 154 Å². The van der Waals surface area contributed by atoms with E-state index < -0.39 is 0 Å². The molecule has 1 heterocycles. The first kappa shape index (κ1) is 18.2. The minimum atomic E-state index is 0.164. The Morgan fingerprint density at radius 2 is 1.77 bits per heavy atom. The van der Waals surface area contributed by atoms with E-state index in [0.29, 0.717) is 19.5 Å². The van der Waals surface area contributed by atoms with E-state index in [4.69, 9.17) is 5.11 Å². The molecule has 4 heteroatoms. The Morgan fingerprint density at radius 1 is 1.00 bits per heavy atom. The SMILES string of the molecule is O=C(CCc1c[nH]c2ccccc12)N(CCCCO)Cc1ccccc1. The number of aromatic amines is 1. The van der Waals surface area contributed by atoms with Crippen LogP contribution >= 0.6 is 0 Å². The lowest BCUT2D eigenvalue weighted by Crippen LogP contribution is -2.31. The Balaban J connectivity index is 1.64. The standard InChI is InChI=1S/C22H26N2O2/c25-15-7-6-14-24(17-18-8-2-1-3-9-18)22(26)13-12-19-16-23-21-11-5-4-10-20(19)21/h1-5,8-11,16,23,25H,6-7,12-15,17H2. The van der Waals surface area contributed by atoms with Gasteiger partial charge in [0.25, 0.3) is 0 Å². The number of para-hydroxylation sites is 1. The molecule has 26 heavy (non-hydrogen) atoms. The number of amides is 1. The molecule has 2 aromatic carbocycles. The number of benzene rings is 2. The molecular formula is C22H26N2O2. The molecule has 0 unspecified atom stereocenters. The number of aryl methyl sites for hydroxylation is 1. The monoisotopic (exact) mass is 350 g/mol. The van der Waals surface area contributed by atoms with Gasteiger partial charge in [-0.25, -0.2) is 0 Å². The lowest BCUT2D eigenvalue weighted by atomic mass is 10.1. The lowest BCUT2D eigenvalue weighted by molar-refractivity contribution is -0.131. The van der Waals surface area contributed by atoms with Crippen LogP contribution in [0.15, 0.2) is 60.8 Å². The molecule has 3 aromatic rings. The predicted octanol–water partition coefficient (Wildman–Crippen LogP) is 3.90. The minimum absolute atomic E-state index is 0.164. The van der Waals surface area contributed by atoms with Gasteiger partial charge in [-0.1, -0.05) is 48.5 Å². The molecular weight excluding hydrogens is 324 g/mol. The molecule has 0 saturated heterocycles. The fraction of sp³-hybridized carbons (Fsp3) is 0.318. The van der Waals surface area contributed by atoms with Crippen LogP contribution < -0.4 is 0 Å². The third kappa shape index (κ3) is 4.73. The minimum Gasteiger partial charge on any atom is -0.396 e. The van der Waals surface area contributed by atoms with E-state index in [2.05, 4.69) is 17.1 Å². The number of carbonyl (C=O) groups excluding carboxylic acids is 1. The molecule has 0 spiro atoms. The van der Waals surface area contributed by atoms with Crippen molar-refractivity contribution in [1.82, 2.24) is 9.88 Å². The molecule has 0 atom stereocenters. The normalized spacial score (nSPS) is 11.0. The highest BCUT2D eigenvalue weighted by atomic mass is 16.3. The number of rotatable bonds is 9. The zero-order valence-electron chi connectivity index (χ0n) is 15.0. The van der Waals surface area contributed by atoms with Gasteiger partial charge in [-0.3, -0.25) is 4.79 Å². The van der Waals surface area contributed by atoms with Gasteiger partial charge in [0.15, 0.2) is 0 Å². The molecule has 2 N–H and O–H groups in total. The van der Waals surface area contributed by atoms with Crippen LogP contribution in [0.3, 0.4) is 0 Å². The third-order valence-electron chi connectivity index (χ3n) is 4.69. The summed E-state index contributed by atoms with van der Waals surface area (Å²) in [5.74, 6) is 0.164. The van der Waals surface area contributed by atoms with Crippen LogP contribution in [-0.4, -0.2) is 34.0 Å². The first-order valence-electron chi connectivity index (χ1n) is 9.25. The van der Waals surface area contributed by atoms with Crippen molar-refractivity contribution in [1.29, 1.82) is 0 Å². The van der Waals surface area contributed by atoms with Crippen LogP contribution in [-0.2, 0) is 17.8 Å². The van der Waals surface area contributed by atoms with Crippen molar-refractivity contribution in [3.63, 3.8) is 0 Å². The number of carbonyl (C=O) groups is 1. The Bertz CT molecular complexity index is 826. The summed E-state index contributed by atoms with van der Waals surface area (Å²) in [7, 11) is 0. The number of fused-ring (bicyclic) bond motifs is 1. The molecule has 0 radical (unpaired) electrons. The van der Waals surface area contributed by atoms with E-state index in [1.54, 1.807) is 0 Å². The molecule has 0 aliphatic rings. The average molecular weight is 350 g/mol. The van der Waals surface area contributed by atoms with Crippen LogP contribution in [0, 0.1) is 0 Å². The zero-order valence-corrected chi connectivity index (χ0v) is 15.0. The summed E-state index contributed by atoms with van der Waals surface area (Å²) in [6, 6.07) is 18.3. The van der Waals surface area contributed by atoms with Crippen molar-refractivity contribution in [2.45, 2.75) is 32.2 Å². The van der Waals surface area contributed by atoms with Crippen molar-refractivity contribution < 1.29 is 9.90 Å². The summed E-state index contributed by atoms with van der Waals surface area (Å²) >= 11 is 0. The number of unbranched alkanes of at least 4 members (excludes halogenated alkanes) is 1. The van der Waals surface area contributed by atoms with E-state index in [1.807, 2.05) is 53.6 Å². The summed E-state index contributed by atoms with van der Waals surface area (Å²) in [4.78, 5) is 18.0. The maximum atomic E-state index is 12.8. The van der Waals surface area contributed by atoms with Crippen LogP contribution in [0.4, 0.5) is 0 Å². The van der Waals surface area contributed by atoms with Crippen molar-refractivity contribution in [3.05, 3.63) is 71.9 Å². The summed E-state index contributed by atoms with van der Waals surface area (Å²) in [5, 5.41) is 10.2. The number of H-pyrrole nitrogens is 1. The Morgan fingerprint density at radius 3 is 2.58 bits per heavy atom. The fourth-order valence-corrected chi connectivity index (χ4v) is 3.25. The van der Waals surface area contributed by atoms with Crippen LogP contribution in [0.5, 0.6) is 0 Å². The Hall–Kier alpha value is -2.59. The number of aromatic nitrogens is 1. The van der Waals surface area contributed by atoms with Crippen LogP contribution in [0.2, 0.25) is 0 Å². The molecule has 0 bridgehead atoms. The molecule has 136 valence electrons. The number of hydrogen-bond acceptors (Lipinski definition) is 2. The summed E-state index contributed by atoms with van der Waals surface area (Å²) < 4.78 is 0. The van der Waals surface area contributed by atoms with Gasteiger partial charge in [0, 0.05) is 43.2 Å². The second-order valence-electron chi connectivity index (χ2n) is 6.59. The predicted molar refractivity (Wildman–Crippen MR) is 105 cm³/mol. The average Bonchev–Trinajstić information content (AvgIpc) is 3.09. The van der Waals surface area contributed by atoms with Gasteiger partial charge in [-0.2, -0.15) is 0 Å². The number of nitrogens with zero attached hydrogens (tertiary/aromatic N) is 1. The van der Waals surface area contributed by atoms with Crippen molar-refractivity contribution in [2.75, 3.05) is 13.2 Å². The first-order chi connectivity index (χ1) is 12.8. The third-order valence-corrected chi connectivity index (χ3v) is 4.69. The maximum absolute atomic E-state index is 12.8. The second-order valence-corrected chi connectivity index (χ2v) is 6.59. The number of aliphatic hydroxyl groups is 1.